The van der Waals surface area contributed by atoms with Gasteiger partial charge in [0.2, 0.25) is 0 Å². The smallest absolute Gasteiger partial charge is 0.114 e. The standard InChI is InChI=1S/C19H18ClNO/c1-22-19(12-5-9-15-7-3-2-4-8-15)18(14-21)16-10-6-11-17(20)13-16/h2-4,6-8,10-11,13H,5,9,12H2,1H3/b19-18+. The van der Waals surface area contributed by atoms with E-state index in [0.29, 0.717) is 16.4 Å². The number of methoxy groups -OCH3 is 1. The van der Waals surface area contributed by atoms with Crippen LogP contribution >= 0.6 is 11.6 Å². The van der Waals surface area contributed by atoms with Gasteiger partial charge in [-0.05, 0) is 36.1 Å². The Morgan fingerprint density at radius 3 is 2.55 bits per heavy atom. The van der Waals surface area contributed by atoms with Crippen LogP contribution in [-0.2, 0) is 11.2 Å². The van der Waals surface area contributed by atoms with E-state index in [4.69, 9.17) is 16.3 Å². The van der Waals surface area contributed by atoms with Gasteiger partial charge in [0.05, 0.1) is 12.7 Å². The SMILES string of the molecule is CO/C(CCCc1ccccc1)=C(\C#N)c1cccc(Cl)c1. The minimum atomic E-state index is 0.554. The number of rotatable bonds is 6. The molecule has 0 amide bonds. The maximum Gasteiger partial charge on any atom is 0.114 e. The molecule has 0 atom stereocenters. The van der Waals surface area contributed by atoms with Gasteiger partial charge in [0.1, 0.15) is 11.8 Å². The fourth-order valence-corrected chi connectivity index (χ4v) is 2.55. The zero-order valence-corrected chi connectivity index (χ0v) is 13.3. The van der Waals surface area contributed by atoms with Gasteiger partial charge in [-0.25, -0.2) is 0 Å². The van der Waals surface area contributed by atoms with Gasteiger partial charge in [-0.15, -0.1) is 0 Å². The Hall–Kier alpha value is -2.24. The summed E-state index contributed by atoms with van der Waals surface area (Å²) in [6.07, 6.45) is 2.61. The van der Waals surface area contributed by atoms with Crippen molar-refractivity contribution >= 4 is 17.2 Å². The third-order valence-corrected chi connectivity index (χ3v) is 3.70. The number of halogens is 1. The van der Waals surface area contributed by atoms with Crippen LogP contribution in [0.2, 0.25) is 5.02 Å². The Morgan fingerprint density at radius 2 is 1.91 bits per heavy atom. The molecule has 0 saturated carbocycles. The van der Waals surface area contributed by atoms with Crippen molar-refractivity contribution in [1.29, 1.82) is 5.26 Å². The summed E-state index contributed by atoms with van der Waals surface area (Å²) in [5.41, 5.74) is 2.64. The second kappa shape index (κ2) is 8.26. The minimum Gasteiger partial charge on any atom is -0.500 e. The maximum absolute atomic E-state index is 9.46. The number of aryl methyl sites for hydroxylation is 1. The Labute approximate surface area is 136 Å². The van der Waals surface area contributed by atoms with Crippen LogP contribution in [0.25, 0.3) is 5.57 Å². The molecule has 0 spiro atoms. The van der Waals surface area contributed by atoms with Gasteiger partial charge < -0.3 is 4.74 Å². The molecule has 2 nitrogen and oxygen atoms in total. The van der Waals surface area contributed by atoms with Crippen LogP contribution in [0.1, 0.15) is 24.0 Å². The second-order valence-corrected chi connectivity index (χ2v) is 5.40. The summed E-state index contributed by atoms with van der Waals surface area (Å²) in [6.45, 7) is 0. The number of ether oxygens (including phenoxy) is 1. The third-order valence-electron chi connectivity index (χ3n) is 3.46. The van der Waals surface area contributed by atoms with Crippen molar-refractivity contribution in [2.75, 3.05) is 7.11 Å². The lowest BCUT2D eigenvalue weighted by molar-refractivity contribution is 0.278. The topological polar surface area (TPSA) is 33.0 Å². The molecule has 112 valence electrons. The van der Waals surface area contributed by atoms with Crippen LogP contribution in [-0.4, -0.2) is 7.11 Å². The van der Waals surface area contributed by atoms with Crippen LogP contribution in [0.3, 0.4) is 0 Å². The molecule has 0 N–H and O–H groups in total. The van der Waals surface area contributed by atoms with Crippen molar-refractivity contribution in [3.05, 3.63) is 76.5 Å². The number of allylic oxidation sites excluding steroid dienone is 2. The van der Waals surface area contributed by atoms with Crippen LogP contribution in [0.15, 0.2) is 60.4 Å². The molecule has 0 saturated heterocycles. The molecular weight excluding hydrogens is 294 g/mol. The minimum absolute atomic E-state index is 0.554. The van der Waals surface area contributed by atoms with E-state index < -0.39 is 0 Å². The molecular formula is C19H18ClNO. The highest BCUT2D eigenvalue weighted by molar-refractivity contribution is 6.30. The second-order valence-electron chi connectivity index (χ2n) is 4.96. The molecule has 2 aromatic carbocycles. The van der Waals surface area contributed by atoms with Gasteiger partial charge in [0.25, 0.3) is 0 Å². The van der Waals surface area contributed by atoms with Crippen molar-refractivity contribution < 1.29 is 4.74 Å². The summed E-state index contributed by atoms with van der Waals surface area (Å²) in [4.78, 5) is 0. The highest BCUT2D eigenvalue weighted by atomic mass is 35.5. The van der Waals surface area contributed by atoms with E-state index in [2.05, 4.69) is 18.2 Å². The highest BCUT2D eigenvalue weighted by Gasteiger charge is 2.10. The number of benzene rings is 2. The fraction of sp³-hybridized carbons (Fsp3) is 0.211. The Morgan fingerprint density at radius 1 is 1.14 bits per heavy atom. The van der Waals surface area contributed by atoms with Gasteiger partial charge in [-0.2, -0.15) is 5.26 Å². The first-order valence-electron chi connectivity index (χ1n) is 7.21. The largest absolute Gasteiger partial charge is 0.500 e. The van der Waals surface area contributed by atoms with Crippen molar-refractivity contribution in [2.45, 2.75) is 19.3 Å². The Kier molecular flexibility index (Phi) is 6.06. The first-order valence-corrected chi connectivity index (χ1v) is 7.59. The molecule has 0 heterocycles. The molecule has 0 fully saturated rings. The number of nitrogens with zero attached hydrogens (tertiary/aromatic N) is 1. The lowest BCUT2D eigenvalue weighted by Gasteiger charge is -2.10. The predicted octanol–water partition coefficient (Wildman–Crippen LogP) is 5.24. The van der Waals surface area contributed by atoms with E-state index in [1.165, 1.54) is 5.56 Å². The van der Waals surface area contributed by atoms with Crippen molar-refractivity contribution in [2.24, 2.45) is 0 Å². The molecule has 0 aliphatic heterocycles. The average Bonchev–Trinajstić information content (AvgIpc) is 2.55. The Bertz CT molecular complexity index is 686. The van der Waals surface area contributed by atoms with E-state index in [-0.39, 0.29) is 0 Å². The molecule has 0 bridgehead atoms. The molecule has 3 heteroatoms. The van der Waals surface area contributed by atoms with Crippen LogP contribution in [0.5, 0.6) is 0 Å². The summed E-state index contributed by atoms with van der Waals surface area (Å²) in [5, 5.41) is 10.1. The fourth-order valence-electron chi connectivity index (χ4n) is 2.36. The van der Waals surface area contributed by atoms with Crippen molar-refractivity contribution in [3.8, 4) is 6.07 Å². The maximum atomic E-state index is 9.46. The highest BCUT2D eigenvalue weighted by Crippen LogP contribution is 2.24. The van der Waals surface area contributed by atoms with E-state index in [1.807, 2.05) is 30.3 Å². The normalized spacial score (nSPS) is 11.5. The van der Waals surface area contributed by atoms with Crippen LogP contribution in [0.4, 0.5) is 0 Å². The third kappa shape index (κ3) is 4.38. The van der Waals surface area contributed by atoms with Crippen molar-refractivity contribution in [3.63, 3.8) is 0 Å². The predicted molar refractivity (Wildman–Crippen MR) is 90.4 cm³/mol. The summed E-state index contributed by atoms with van der Waals surface area (Å²) in [5.74, 6) is 0.709. The number of hydrogen-bond acceptors (Lipinski definition) is 2. The zero-order valence-electron chi connectivity index (χ0n) is 12.6. The van der Waals surface area contributed by atoms with Gasteiger partial charge in [0, 0.05) is 11.4 Å². The number of nitriles is 1. The van der Waals surface area contributed by atoms with E-state index in [1.54, 1.807) is 19.2 Å². The Balaban J connectivity index is 2.12. The van der Waals surface area contributed by atoms with Crippen molar-refractivity contribution in [1.82, 2.24) is 0 Å². The molecule has 2 aromatic rings. The molecule has 22 heavy (non-hydrogen) atoms. The van der Waals surface area contributed by atoms with Gasteiger partial charge >= 0.3 is 0 Å². The monoisotopic (exact) mass is 311 g/mol. The number of hydrogen-bond donors (Lipinski definition) is 0. The first-order chi connectivity index (χ1) is 10.7. The quantitative estimate of drug-likeness (QED) is 0.539. The molecule has 0 aliphatic rings. The lowest BCUT2D eigenvalue weighted by Crippen LogP contribution is -1.96. The lowest BCUT2D eigenvalue weighted by atomic mass is 10.0. The molecule has 0 unspecified atom stereocenters. The summed E-state index contributed by atoms with van der Waals surface area (Å²) in [7, 11) is 1.61. The molecule has 0 aromatic heterocycles. The van der Waals surface area contributed by atoms with Gasteiger partial charge in [0.15, 0.2) is 0 Å². The molecule has 0 aliphatic carbocycles. The van der Waals surface area contributed by atoms with E-state index in [0.717, 1.165) is 24.8 Å². The summed E-state index contributed by atoms with van der Waals surface area (Å²) in [6, 6.07) is 19.8. The molecule has 2 rings (SSSR count). The average molecular weight is 312 g/mol. The first kappa shape index (κ1) is 16.1. The van der Waals surface area contributed by atoms with Crippen LogP contribution < -0.4 is 0 Å². The van der Waals surface area contributed by atoms with E-state index >= 15 is 0 Å². The summed E-state index contributed by atoms with van der Waals surface area (Å²) >= 11 is 6.01. The van der Waals surface area contributed by atoms with E-state index in [9.17, 15) is 5.26 Å². The zero-order chi connectivity index (χ0) is 15.8. The van der Waals surface area contributed by atoms with Gasteiger partial charge in [-0.3, -0.25) is 0 Å². The van der Waals surface area contributed by atoms with Crippen LogP contribution in [0, 0.1) is 11.3 Å². The molecule has 0 radical (unpaired) electrons. The van der Waals surface area contributed by atoms with Gasteiger partial charge in [-0.1, -0.05) is 54.1 Å². The summed E-state index contributed by atoms with van der Waals surface area (Å²) < 4.78 is 5.45.